The van der Waals surface area contributed by atoms with Crippen molar-refractivity contribution in [1.29, 1.82) is 0 Å². The Morgan fingerprint density at radius 1 is 1.24 bits per heavy atom. The van der Waals surface area contributed by atoms with Gasteiger partial charge in [-0.3, -0.25) is 4.79 Å². The number of unbranched alkanes of at least 4 members (excludes halogenated alkanes) is 1. The van der Waals surface area contributed by atoms with Gasteiger partial charge in [-0.1, -0.05) is 32.6 Å². The van der Waals surface area contributed by atoms with Crippen LogP contribution in [-0.2, 0) is 4.79 Å². The normalized spacial score (nSPS) is 15.1. The number of benzene rings is 1. The van der Waals surface area contributed by atoms with Crippen molar-refractivity contribution in [2.45, 2.75) is 51.9 Å². The van der Waals surface area contributed by atoms with Crippen molar-refractivity contribution >= 4 is 22.4 Å². The molecule has 1 aromatic heterocycles. The number of anilines is 1. The lowest BCUT2D eigenvalue weighted by Gasteiger charge is -2.19. The van der Waals surface area contributed by atoms with Crippen molar-refractivity contribution in [1.82, 2.24) is 4.98 Å². The molecule has 3 rings (SSSR count). The first-order chi connectivity index (χ1) is 12.3. The maximum Gasteiger partial charge on any atom is 0.229 e. The lowest BCUT2D eigenvalue weighted by atomic mass is 9.89. The van der Waals surface area contributed by atoms with Gasteiger partial charge in [0, 0.05) is 16.9 Å². The molecule has 1 aromatic carbocycles. The van der Waals surface area contributed by atoms with Gasteiger partial charge in [0.1, 0.15) is 5.75 Å². The SMILES string of the molecule is CCCCOc1ccc(-c2csc(NC(=O)C3CCCCC3)n2)cc1. The molecule has 2 aromatic rings. The molecule has 0 aliphatic heterocycles. The van der Waals surface area contributed by atoms with Crippen molar-refractivity contribution in [3.8, 4) is 17.0 Å². The van der Waals surface area contributed by atoms with Gasteiger partial charge in [-0.15, -0.1) is 11.3 Å². The zero-order chi connectivity index (χ0) is 17.5. The second-order valence-electron chi connectivity index (χ2n) is 6.59. The van der Waals surface area contributed by atoms with Crippen LogP contribution in [0.4, 0.5) is 5.13 Å². The molecule has 4 nitrogen and oxygen atoms in total. The third kappa shape index (κ3) is 5.05. The van der Waals surface area contributed by atoms with E-state index >= 15 is 0 Å². The highest BCUT2D eigenvalue weighted by atomic mass is 32.1. The fourth-order valence-corrected chi connectivity index (χ4v) is 3.81. The number of hydrogen-bond donors (Lipinski definition) is 1. The molecule has 0 unspecified atom stereocenters. The number of nitrogens with zero attached hydrogens (tertiary/aromatic N) is 1. The maximum absolute atomic E-state index is 12.3. The molecule has 25 heavy (non-hydrogen) atoms. The summed E-state index contributed by atoms with van der Waals surface area (Å²) < 4.78 is 5.69. The van der Waals surface area contributed by atoms with Gasteiger partial charge in [0.15, 0.2) is 5.13 Å². The summed E-state index contributed by atoms with van der Waals surface area (Å²) in [5.74, 6) is 1.17. The molecule has 0 bridgehead atoms. The van der Waals surface area contributed by atoms with E-state index in [2.05, 4.69) is 17.2 Å². The van der Waals surface area contributed by atoms with Gasteiger partial charge < -0.3 is 10.1 Å². The number of thiazole rings is 1. The number of nitrogens with one attached hydrogen (secondary N) is 1. The Morgan fingerprint density at radius 2 is 2.00 bits per heavy atom. The number of amides is 1. The fraction of sp³-hybridized carbons (Fsp3) is 0.500. The molecule has 1 amide bonds. The Kier molecular flexibility index (Phi) is 6.45. The lowest BCUT2D eigenvalue weighted by molar-refractivity contribution is -0.120. The van der Waals surface area contributed by atoms with E-state index in [1.54, 1.807) is 0 Å². The topological polar surface area (TPSA) is 51.2 Å². The standard InChI is InChI=1S/C20H26N2O2S/c1-2-3-13-24-17-11-9-15(10-12-17)18-14-25-20(21-18)22-19(23)16-7-5-4-6-8-16/h9-12,14,16H,2-8,13H2,1H3,(H,21,22,23). The van der Waals surface area contributed by atoms with E-state index in [9.17, 15) is 4.79 Å². The minimum absolute atomic E-state index is 0.125. The molecule has 5 heteroatoms. The van der Waals surface area contributed by atoms with Gasteiger partial charge in [0.2, 0.25) is 5.91 Å². The first kappa shape index (κ1) is 17.9. The molecule has 1 heterocycles. The maximum atomic E-state index is 12.3. The highest BCUT2D eigenvalue weighted by molar-refractivity contribution is 7.14. The molecule has 134 valence electrons. The van der Waals surface area contributed by atoms with Crippen LogP contribution in [-0.4, -0.2) is 17.5 Å². The van der Waals surface area contributed by atoms with Crippen molar-refractivity contribution in [3.05, 3.63) is 29.6 Å². The third-order valence-electron chi connectivity index (χ3n) is 4.63. The summed E-state index contributed by atoms with van der Waals surface area (Å²) in [6.07, 6.45) is 7.78. The molecule has 0 radical (unpaired) electrons. The van der Waals surface area contributed by atoms with E-state index < -0.39 is 0 Å². The van der Waals surface area contributed by atoms with E-state index in [1.807, 2.05) is 29.6 Å². The average molecular weight is 359 g/mol. The predicted octanol–water partition coefficient (Wildman–Crippen LogP) is 5.51. The van der Waals surface area contributed by atoms with E-state index in [0.29, 0.717) is 5.13 Å². The quantitative estimate of drug-likeness (QED) is 0.664. The van der Waals surface area contributed by atoms with Crippen molar-refractivity contribution in [3.63, 3.8) is 0 Å². The van der Waals surface area contributed by atoms with Crippen LogP contribution >= 0.6 is 11.3 Å². The smallest absolute Gasteiger partial charge is 0.229 e. The zero-order valence-corrected chi connectivity index (χ0v) is 15.6. The van der Waals surface area contributed by atoms with E-state index in [0.717, 1.165) is 62.1 Å². The second kappa shape index (κ2) is 8.99. The van der Waals surface area contributed by atoms with E-state index in [1.165, 1.54) is 17.8 Å². The highest BCUT2D eigenvalue weighted by Gasteiger charge is 2.21. The van der Waals surface area contributed by atoms with Crippen LogP contribution in [0.1, 0.15) is 51.9 Å². The van der Waals surface area contributed by atoms with Crippen LogP contribution in [0, 0.1) is 5.92 Å². The van der Waals surface area contributed by atoms with Gasteiger partial charge in [0.05, 0.1) is 12.3 Å². The molecule has 1 aliphatic carbocycles. The molecule has 0 spiro atoms. The first-order valence-corrected chi connectivity index (χ1v) is 10.1. The van der Waals surface area contributed by atoms with Gasteiger partial charge in [-0.2, -0.15) is 0 Å². The number of hydrogen-bond acceptors (Lipinski definition) is 4. The molecule has 1 aliphatic rings. The molecule has 1 N–H and O–H groups in total. The molecule has 1 saturated carbocycles. The number of rotatable bonds is 7. The minimum Gasteiger partial charge on any atom is -0.494 e. The van der Waals surface area contributed by atoms with Crippen LogP contribution in [0.5, 0.6) is 5.75 Å². The fourth-order valence-electron chi connectivity index (χ4n) is 3.09. The molecule has 0 atom stereocenters. The second-order valence-corrected chi connectivity index (χ2v) is 7.45. The number of ether oxygens (including phenoxy) is 1. The third-order valence-corrected chi connectivity index (χ3v) is 5.38. The van der Waals surface area contributed by atoms with Crippen LogP contribution in [0.15, 0.2) is 29.6 Å². The van der Waals surface area contributed by atoms with E-state index in [-0.39, 0.29) is 11.8 Å². The molecular weight excluding hydrogens is 332 g/mol. The van der Waals surface area contributed by atoms with Crippen LogP contribution in [0.25, 0.3) is 11.3 Å². The number of carbonyl (C=O) groups excluding carboxylic acids is 1. The van der Waals surface area contributed by atoms with Gasteiger partial charge >= 0.3 is 0 Å². The summed E-state index contributed by atoms with van der Waals surface area (Å²) in [5, 5.41) is 5.67. The van der Waals surface area contributed by atoms with Crippen LogP contribution < -0.4 is 10.1 Å². The Balaban J connectivity index is 1.58. The van der Waals surface area contributed by atoms with Crippen molar-refractivity contribution < 1.29 is 9.53 Å². The lowest BCUT2D eigenvalue weighted by Crippen LogP contribution is -2.24. The van der Waals surface area contributed by atoms with E-state index in [4.69, 9.17) is 4.74 Å². The highest BCUT2D eigenvalue weighted by Crippen LogP contribution is 2.29. The molecule has 1 fully saturated rings. The average Bonchev–Trinajstić information content (AvgIpc) is 3.12. The Hall–Kier alpha value is -1.88. The summed E-state index contributed by atoms with van der Waals surface area (Å²) in [6.45, 7) is 2.91. The Bertz CT molecular complexity index is 675. The Labute approximate surface area is 153 Å². The summed E-state index contributed by atoms with van der Waals surface area (Å²) in [7, 11) is 0. The summed E-state index contributed by atoms with van der Waals surface area (Å²) in [5.41, 5.74) is 1.93. The van der Waals surface area contributed by atoms with Crippen LogP contribution in [0.3, 0.4) is 0 Å². The van der Waals surface area contributed by atoms with Gasteiger partial charge in [-0.25, -0.2) is 4.98 Å². The summed E-state index contributed by atoms with van der Waals surface area (Å²) >= 11 is 1.48. The van der Waals surface area contributed by atoms with Crippen molar-refractivity contribution in [2.75, 3.05) is 11.9 Å². The van der Waals surface area contributed by atoms with Crippen molar-refractivity contribution in [2.24, 2.45) is 5.92 Å². The summed E-state index contributed by atoms with van der Waals surface area (Å²) in [4.78, 5) is 16.9. The minimum atomic E-state index is 0.125. The van der Waals surface area contributed by atoms with Gasteiger partial charge in [-0.05, 0) is 43.5 Å². The number of aromatic nitrogens is 1. The number of carbonyl (C=O) groups is 1. The summed E-state index contributed by atoms with van der Waals surface area (Å²) in [6, 6.07) is 7.99. The molecular formula is C20H26N2O2S. The van der Waals surface area contributed by atoms with Crippen LogP contribution in [0.2, 0.25) is 0 Å². The predicted molar refractivity (Wildman–Crippen MR) is 103 cm³/mol. The zero-order valence-electron chi connectivity index (χ0n) is 14.8. The monoisotopic (exact) mass is 358 g/mol. The Morgan fingerprint density at radius 3 is 2.72 bits per heavy atom. The largest absolute Gasteiger partial charge is 0.494 e. The molecule has 0 saturated heterocycles. The van der Waals surface area contributed by atoms with Gasteiger partial charge in [0.25, 0.3) is 0 Å². The first-order valence-electron chi connectivity index (χ1n) is 9.26.